The van der Waals surface area contributed by atoms with E-state index >= 15 is 0 Å². The van der Waals surface area contributed by atoms with E-state index < -0.39 is 6.10 Å². The first-order valence-electron chi connectivity index (χ1n) is 7.41. The van der Waals surface area contributed by atoms with Crippen molar-refractivity contribution in [2.24, 2.45) is 0 Å². The molecule has 1 saturated carbocycles. The SMILES string of the molecule is Cc1cc(O[C@H](C(=O)NC2CC2)c2ccccc2)ccc1Cl. The van der Waals surface area contributed by atoms with Crippen LogP contribution in [0, 0.1) is 6.92 Å². The molecule has 0 bridgehead atoms. The van der Waals surface area contributed by atoms with E-state index in [4.69, 9.17) is 16.3 Å². The summed E-state index contributed by atoms with van der Waals surface area (Å²) in [5.74, 6) is 0.544. The maximum atomic E-state index is 12.5. The molecule has 1 aliphatic rings. The van der Waals surface area contributed by atoms with Gasteiger partial charge in [0.1, 0.15) is 5.75 Å². The highest BCUT2D eigenvalue weighted by Gasteiger charge is 2.29. The van der Waals surface area contributed by atoms with Crippen molar-refractivity contribution in [1.82, 2.24) is 5.32 Å². The number of rotatable bonds is 5. The van der Waals surface area contributed by atoms with Gasteiger partial charge in [0.15, 0.2) is 0 Å². The second-order valence-electron chi connectivity index (χ2n) is 5.60. The molecule has 0 radical (unpaired) electrons. The lowest BCUT2D eigenvalue weighted by molar-refractivity contribution is -0.128. The molecule has 2 aromatic carbocycles. The van der Waals surface area contributed by atoms with Crippen molar-refractivity contribution in [2.75, 3.05) is 0 Å². The van der Waals surface area contributed by atoms with Crippen LogP contribution in [0.5, 0.6) is 5.75 Å². The van der Waals surface area contributed by atoms with Crippen LogP contribution in [0.3, 0.4) is 0 Å². The molecule has 4 heteroatoms. The summed E-state index contributed by atoms with van der Waals surface area (Å²) in [6.45, 7) is 1.91. The van der Waals surface area contributed by atoms with Gasteiger partial charge in [-0.3, -0.25) is 4.79 Å². The van der Waals surface area contributed by atoms with E-state index in [-0.39, 0.29) is 5.91 Å². The Morgan fingerprint density at radius 1 is 1.23 bits per heavy atom. The molecule has 0 unspecified atom stereocenters. The molecular formula is C18H18ClNO2. The lowest BCUT2D eigenvalue weighted by Crippen LogP contribution is -2.33. The summed E-state index contributed by atoms with van der Waals surface area (Å²) in [7, 11) is 0. The van der Waals surface area contributed by atoms with Crippen molar-refractivity contribution >= 4 is 17.5 Å². The van der Waals surface area contributed by atoms with Crippen LogP contribution in [-0.2, 0) is 4.79 Å². The fraction of sp³-hybridized carbons (Fsp3) is 0.278. The van der Waals surface area contributed by atoms with Crippen LogP contribution in [0.1, 0.15) is 30.1 Å². The molecule has 0 aliphatic heterocycles. The normalized spacial score (nSPS) is 15.2. The van der Waals surface area contributed by atoms with Crippen molar-refractivity contribution in [3.05, 3.63) is 64.7 Å². The fourth-order valence-electron chi connectivity index (χ4n) is 2.23. The molecule has 0 spiro atoms. The molecule has 3 nitrogen and oxygen atoms in total. The van der Waals surface area contributed by atoms with E-state index in [1.54, 1.807) is 12.1 Å². The molecule has 22 heavy (non-hydrogen) atoms. The minimum atomic E-state index is -0.651. The van der Waals surface area contributed by atoms with E-state index in [2.05, 4.69) is 5.32 Å². The smallest absolute Gasteiger partial charge is 0.266 e. The van der Waals surface area contributed by atoms with Crippen molar-refractivity contribution in [3.63, 3.8) is 0 Å². The Morgan fingerprint density at radius 2 is 1.95 bits per heavy atom. The summed E-state index contributed by atoms with van der Waals surface area (Å²) < 4.78 is 5.96. The number of aryl methyl sites for hydroxylation is 1. The van der Waals surface area contributed by atoms with Gasteiger partial charge in [-0.2, -0.15) is 0 Å². The summed E-state index contributed by atoms with van der Waals surface area (Å²) in [5, 5.41) is 3.69. The number of nitrogens with one attached hydrogen (secondary N) is 1. The van der Waals surface area contributed by atoms with Gasteiger partial charge in [0.25, 0.3) is 5.91 Å². The Kier molecular flexibility index (Phi) is 4.34. The third-order valence-electron chi connectivity index (χ3n) is 3.65. The second-order valence-corrected chi connectivity index (χ2v) is 6.01. The Balaban J connectivity index is 1.83. The number of halogens is 1. The highest BCUT2D eigenvalue weighted by Crippen LogP contribution is 2.27. The van der Waals surface area contributed by atoms with Gasteiger partial charge >= 0.3 is 0 Å². The topological polar surface area (TPSA) is 38.3 Å². The maximum absolute atomic E-state index is 12.5. The fourth-order valence-corrected chi connectivity index (χ4v) is 2.35. The second kappa shape index (κ2) is 6.41. The third kappa shape index (κ3) is 3.60. The van der Waals surface area contributed by atoms with Crippen molar-refractivity contribution in [2.45, 2.75) is 31.9 Å². The maximum Gasteiger partial charge on any atom is 0.266 e. The molecule has 1 amide bonds. The zero-order valence-electron chi connectivity index (χ0n) is 12.4. The van der Waals surface area contributed by atoms with Crippen LogP contribution in [0.15, 0.2) is 48.5 Å². The average Bonchev–Trinajstić information content (AvgIpc) is 3.33. The molecule has 1 fully saturated rings. The van der Waals surface area contributed by atoms with Gasteiger partial charge in [-0.05, 0) is 43.5 Å². The highest BCUT2D eigenvalue weighted by molar-refractivity contribution is 6.31. The van der Waals surface area contributed by atoms with Crippen LogP contribution in [0.25, 0.3) is 0 Å². The zero-order valence-corrected chi connectivity index (χ0v) is 13.1. The minimum Gasteiger partial charge on any atom is -0.476 e. The average molecular weight is 316 g/mol. The number of carbonyl (C=O) groups excluding carboxylic acids is 1. The summed E-state index contributed by atoms with van der Waals surface area (Å²) in [5.41, 5.74) is 1.77. The lowest BCUT2D eigenvalue weighted by Gasteiger charge is -2.19. The van der Waals surface area contributed by atoms with Gasteiger partial charge in [0, 0.05) is 16.6 Å². The van der Waals surface area contributed by atoms with E-state index in [1.807, 2.05) is 43.3 Å². The minimum absolute atomic E-state index is 0.0960. The van der Waals surface area contributed by atoms with Crippen LogP contribution in [0.4, 0.5) is 0 Å². The van der Waals surface area contributed by atoms with E-state index in [0.29, 0.717) is 16.8 Å². The van der Waals surface area contributed by atoms with E-state index in [0.717, 1.165) is 24.0 Å². The first-order valence-corrected chi connectivity index (χ1v) is 7.79. The molecule has 114 valence electrons. The Bertz CT molecular complexity index is 668. The summed E-state index contributed by atoms with van der Waals surface area (Å²) in [4.78, 5) is 12.5. The number of carbonyl (C=O) groups is 1. The van der Waals surface area contributed by atoms with Gasteiger partial charge in [-0.15, -0.1) is 0 Å². The standard InChI is InChI=1S/C18H18ClNO2/c1-12-11-15(9-10-16(12)19)22-17(13-5-3-2-4-6-13)18(21)20-14-7-8-14/h2-6,9-11,14,17H,7-8H2,1H3,(H,20,21)/t17-/m0/s1. The Labute approximate surface area is 135 Å². The number of amides is 1. The number of hydrogen-bond acceptors (Lipinski definition) is 2. The van der Waals surface area contributed by atoms with Crippen molar-refractivity contribution in [3.8, 4) is 5.75 Å². The predicted molar refractivity (Wildman–Crippen MR) is 87.2 cm³/mol. The Morgan fingerprint density at radius 3 is 2.59 bits per heavy atom. The van der Waals surface area contributed by atoms with Crippen LogP contribution < -0.4 is 10.1 Å². The highest BCUT2D eigenvalue weighted by atomic mass is 35.5. The lowest BCUT2D eigenvalue weighted by atomic mass is 10.1. The van der Waals surface area contributed by atoms with Crippen LogP contribution >= 0.6 is 11.6 Å². The first kappa shape index (κ1) is 14.9. The third-order valence-corrected chi connectivity index (χ3v) is 4.07. The molecule has 0 heterocycles. The predicted octanol–water partition coefficient (Wildman–Crippen LogP) is 4.05. The van der Waals surface area contributed by atoms with E-state index in [9.17, 15) is 4.79 Å². The van der Waals surface area contributed by atoms with Gasteiger partial charge in [-0.1, -0.05) is 41.9 Å². The van der Waals surface area contributed by atoms with Gasteiger partial charge in [0.2, 0.25) is 6.10 Å². The first-order chi connectivity index (χ1) is 10.6. The molecule has 0 aromatic heterocycles. The largest absolute Gasteiger partial charge is 0.476 e. The van der Waals surface area contributed by atoms with Crippen LogP contribution in [0.2, 0.25) is 5.02 Å². The molecule has 2 aromatic rings. The molecule has 3 rings (SSSR count). The number of benzene rings is 2. The molecule has 1 atom stereocenters. The molecule has 1 aliphatic carbocycles. The zero-order chi connectivity index (χ0) is 15.5. The quantitative estimate of drug-likeness (QED) is 0.904. The molecule has 0 saturated heterocycles. The summed E-state index contributed by atoms with van der Waals surface area (Å²) >= 11 is 6.04. The number of ether oxygens (including phenoxy) is 1. The van der Waals surface area contributed by atoms with Gasteiger partial charge < -0.3 is 10.1 Å². The summed E-state index contributed by atoms with van der Waals surface area (Å²) in [6.07, 6.45) is 1.45. The van der Waals surface area contributed by atoms with Gasteiger partial charge in [-0.25, -0.2) is 0 Å². The van der Waals surface area contributed by atoms with Gasteiger partial charge in [0.05, 0.1) is 0 Å². The van der Waals surface area contributed by atoms with Crippen LogP contribution in [-0.4, -0.2) is 11.9 Å². The molecular weight excluding hydrogens is 298 g/mol. The number of hydrogen-bond donors (Lipinski definition) is 1. The monoisotopic (exact) mass is 315 g/mol. The summed E-state index contributed by atoms with van der Waals surface area (Å²) in [6, 6.07) is 15.3. The Hall–Kier alpha value is -2.00. The van der Waals surface area contributed by atoms with Crippen molar-refractivity contribution in [1.29, 1.82) is 0 Å². The molecule has 1 N–H and O–H groups in total. The van der Waals surface area contributed by atoms with Crippen molar-refractivity contribution < 1.29 is 9.53 Å². The van der Waals surface area contributed by atoms with E-state index in [1.165, 1.54) is 0 Å².